The van der Waals surface area contributed by atoms with Gasteiger partial charge in [-0.1, -0.05) is 0 Å². The van der Waals surface area contributed by atoms with Crippen LogP contribution in [0.1, 0.15) is 20.3 Å². The molecule has 0 bridgehead atoms. The van der Waals surface area contributed by atoms with Gasteiger partial charge in [-0.25, -0.2) is 4.98 Å². The number of ether oxygens (including phenoxy) is 1. The van der Waals surface area contributed by atoms with Crippen LogP contribution in [0, 0.1) is 0 Å². The summed E-state index contributed by atoms with van der Waals surface area (Å²) in [5.41, 5.74) is 0. The molecule has 0 amide bonds. The summed E-state index contributed by atoms with van der Waals surface area (Å²) in [5.74, 6) is 1.66. The van der Waals surface area contributed by atoms with Crippen molar-refractivity contribution in [3.8, 4) is 0 Å². The van der Waals surface area contributed by atoms with Crippen LogP contribution in [0.5, 0.6) is 0 Å². The summed E-state index contributed by atoms with van der Waals surface area (Å²) >= 11 is 0. The van der Waals surface area contributed by atoms with E-state index < -0.39 is 0 Å². The lowest BCUT2D eigenvalue weighted by Gasteiger charge is -2.35. The van der Waals surface area contributed by atoms with Gasteiger partial charge in [0, 0.05) is 32.4 Å². The fraction of sp³-hybridized carbons (Fsp3) is 0.714. The van der Waals surface area contributed by atoms with E-state index in [0.717, 1.165) is 37.8 Å². The Kier molecular flexibility index (Phi) is 3.76. The van der Waals surface area contributed by atoms with Crippen LogP contribution in [0.15, 0.2) is 12.3 Å². The minimum atomic E-state index is -0.239. The highest BCUT2D eigenvalue weighted by molar-refractivity contribution is 5.45. The molecule has 0 aliphatic carbocycles. The van der Waals surface area contributed by atoms with Crippen molar-refractivity contribution in [2.45, 2.75) is 38.6 Å². The Labute approximate surface area is 119 Å². The van der Waals surface area contributed by atoms with Gasteiger partial charge in [0.05, 0.1) is 18.3 Å². The van der Waals surface area contributed by atoms with Gasteiger partial charge in [-0.3, -0.25) is 0 Å². The summed E-state index contributed by atoms with van der Waals surface area (Å²) in [5, 5.41) is 9.64. The molecule has 6 nitrogen and oxygen atoms in total. The second-order valence-corrected chi connectivity index (χ2v) is 5.77. The Hall–Kier alpha value is -1.40. The van der Waals surface area contributed by atoms with Crippen molar-refractivity contribution < 1.29 is 9.84 Å². The van der Waals surface area contributed by atoms with Crippen LogP contribution in [0.2, 0.25) is 0 Å². The number of rotatable bonds is 2. The molecule has 3 atom stereocenters. The zero-order chi connectivity index (χ0) is 14.1. The topological polar surface area (TPSA) is 61.7 Å². The molecule has 0 radical (unpaired) electrons. The Bertz CT molecular complexity index is 460. The first-order valence-corrected chi connectivity index (χ1v) is 7.28. The molecule has 2 aliphatic heterocycles. The van der Waals surface area contributed by atoms with Crippen LogP contribution < -0.4 is 9.80 Å². The average molecular weight is 278 g/mol. The average Bonchev–Trinajstić information content (AvgIpc) is 2.85. The number of aromatic nitrogens is 2. The highest BCUT2D eigenvalue weighted by Gasteiger charge is 2.26. The van der Waals surface area contributed by atoms with Gasteiger partial charge in [0.15, 0.2) is 0 Å². The number of hydrogen-bond acceptors (Lipinski definition) is 6. The Morgan fingerprint density at radius 3 is 2.60 bits per heavy atom. The second-order valence-electron chi connectivity index (χ2n) is 5.77. The van der Waals surface area contributed by atoms with E-state index in [2.05, 4.69) is 33.6 Å². The van der Waals surface area contributed by atoms with Gasteiger partial charge < -0.3 is 19.6 Å². The van der Waals surface area contributed by atoms with Crippen molar-refractivity contribution in [3.05, 3.63) is 12.3 Å². The third-order valence-electron chi connectivity index (χ3n) is 3.82. The smallest absolute Gasteiger partial charge is 0.227 e. The molecule has 1 aromatic rings. The van der Waals surface area contributed by atoms with Crippen LogP contribution in [-0.2, 0) is 4.74 Å². The third-order valence-corrected chi connectivity index (χ3v) is 3.82. The van der Waals surface area contributed by atoms with E-state index >= 15 is 0 Å². The van der Waals surface area contributed by atoms with E-state index in [1.54, 1.807) is 6.20 Å². The largest absolute Gasteiger partial charge is 0.391 e. The van der Waals surface area contributed by atoms with Gasteiger partial charge in [0.1, 0.15) is 5.82 Å². The molecule has 1 N–H and O–H groups in total. The molecule has 1 unspecified atom stereocenters. The minimum Gasteiger partial charge on any atom is -0.391 e. The molecule has 6 heteroatoms. The Morgan fingerprint density at radius 2 is 1.95 bits per heavy atom. The first-order chi connectivity index (χ1) is 9.61. The van der Waals surface area contributed by atoms with Crippen molar-refractivity contribution in [2.75, 3.05) is 36.0 Å². The number of anilines is 2. The van der Waals surface area contributed by atoms with Crippen LogP contribution in [0.4, 0.5) is 11.8 Å². The second kappa shape index (κ2) is 5.54. The van der Waals surface area contributed by atoms with Gasteiger partial charge in [-0.2, -0.15) is 4.98 Å². The van der Waals surface area contributed by atoms with E-state index in [4.69, 9.17) is 4.74 Å². The van der Waals surface area contributed by atoms with E-state index in [0.29, 0.717) is 6.54 Å². The van der Waals surface area contributed by atoms with Gasteiger partial charge >= 0.3 is 0 Å². The highest BCUT2D eigenvalue weighted by atomic mass is 16.5. The molecular formula is C14H22N4O2. The van der Waals surface area contributed by atoms with Gasteiger partial charge in [0.2, 0.25) is 5.95 Å². The number of hydrogen-bond donors (Lipinski definition) is 1. The fourth-order valence-corrected chi connectivity index (χ4v) is 2.96. The molecule has 1 aromatic heterocycles. The number of morpholine rings is 1. The fourth-order valence-electron chi connectivity index (χ4n) is 2.96. The van der Waals surface area contributed by atoms with Crippen molar-refractivity contribution in [3.63, 3.8) is 0 Å². The van der Waals surface area contributed by atoms with E-state index in [9.17, 15) is 5.11 Å². The molecular weight excluding hydrogens is 256 g/mol. The molecule has 20 heavy (non-hydrogen) atoms. The Balaban J connectivity index is 1.77. The lowest BCUT2D eigenvalue weighted by atomic mass is 10.2. The summed E-state index contributed by atoms with van der Waals surface area (Å²) in [7, 11) is 0. The number of aliphatic hydroxyl groups excluding tert-OH is 1. The third kappa shape index (κ3) is 2.86. The van der Waals surface area contributed by atoms with E-state index in [1.165, 1.54) is 0 Å². The van der Waals surface area contributed by atoms with Crippen molar-refractivity contribution >= 4 is 11.8 Å². The van der Waals surface area contributed by atoms with Crippen LogP contribution in [-0.4, -0.2) is 59.6 Å². The number of β-amino-alcohol motifs (C(OH)–C–C–N with tert-alkyl or cyclic N) is 1. The quantitative estimate of drug-likeness (QED) is 0.857. The number of aliphatic hydroxyl groups is 1. The lowest BCUT2D eigenvalue weighted by molar-refractivity contribution is -0.00571. The molecule has 2 aliphatic rings. The predicted octanol–water partition coefficient (Wildman–Crippen LogP) is 0.661. The van der Waals surface area contributed by atoms with Gasteiger partial charge in [-0.15, -0.1) is 0 Å². The molecule has 110 valence electrons. The zero-order valence-electron chi connectivity index (χ0n) is 12.1. The van der Waals surface area contributed by atoms with Crippen LogP contribution in [0.25, 0.3) is 0 Å². The molecule has 3 rings (SSSR count). The summed E-state index contributed by atoms with van der Waals surface area (Å²) < 4.78 is 5.74. The van der Waals surface area contributed by atoms with Crippen LogP contribution in [0.3, 0.4) is 0 Å². The molecule has 0 saturated carbocycles. The zero-order valence-corrected chi connectivity index (χ0v) is 12.1. The monoisotopic (exact) mass is 278 g/mol. The molecule has 0 spiro atoms. The standard InChI is InChI=1S/C14H22N4O2/c1-10-7-18(8-11(2)20-10)14-15-5-3-13(16-14)17-6-4-12(19)9-17/h3,5,10-12,19H,4,6-9H2,1-2H3/t10-,11+,12?. The first-order valence-electron chi connectivity index (χ1n) is 7.28. The van der Waals surface area contributed by atoms with Crippen LogP contribution >= 0.6 is 0 Å². The summed E-state index contributed by atoms with van der Waals surface area (Å²) in [6.07, 6.45) is 2.76. The molecule has 2 saturated heterocycles. The van der Waals surface area contributed by atoms with Crippen molar-refractivity contribution in [1.29, 1.82) is 0 Å². The molecule has 0 aromatic carbocycles. The Morgan fingerprint density at radius 1 is 1.20 bits per heavy atom. The molecule has 3 heterocycles. The summed E-state index contributed by atoms with van der Waals surface area (Å²) in [6, 6.07) is 1.91. The molecule has 2 fully saturated rings. The van der Waals surface area contributed by atoms with Crippen molar-refractivity contribution in [2.24, 2.45) is 0 Å². The maximum Gasteiger partial charge on any atom is 0.227 e. The van der Waals surface area contributed by atoms with Gasteiger partial charge in [0.25, 0.3) is 0 Å². The first kappa shape index (κ1) is 13.6. The number of nitrogens with zero attached hydrogens (tertiary/aromatic N) is 4. The summed E-state index contributed by atoms with van der Waals surface area (Å²) in [6.45, 7) is 7.29. The summed E-state index contributed by atoms with van der Waals surface area (Å²) in [4.78, 5) is 13.3. The van der Waals surface area contributed by atoms with E-state index in [1.807, 2.05) is 6.07 Å². The van der Waals surface area contributed by atoms with Crippen molar-refractivity contribution in [1.82, 2.24) is 9.97 Å². The highest BCUT2D eigenvalue weighted by Crippen LogP contribution is 2.22. The van der Waals surface area contributed by atoms with Gasteiger partial charge in [-0.05, 0) is 26.3 Å². The normalized spacial score (nSPS) is 30.9. The minimum absolute atomic E-state index is 0.194. The maximum atomic E-state index is 9.64. The predicted molar refractivity (Wildman–Crippen MR) is 77.1 cm³/mol. The SMILES string of the molecule is C[C@@H]1CN(c2nccc(N3CCC(O)C3)n2)C[C@H](C)O1. The maximum absolute atomic E-state index is 9.64. The van der Waals surface area contributed by atoms with E-state index in [-0.39, 0.29) is 18.3 Å². The lowest BCUT2D eigenvalue weighted by Crippen LogP contribution is -2.46.